The number of benzene rings is 1. The maximum Gasteiger partial charge on any atom is 0.157 e. The second kappa shape index (κ2) is 3.50. The molecule has 0 amide bonds. The molecule has 1 unspecified atom stereocenters. The van der Waals surface area contributed by atoms with Crippen molar-refractivity contribution in [2.24, 2.45) is 0 Å². The van der Waals surface area contributed by atoms with Gasteiger partial charge in [-0.05, 0) is 49.6 Å². The highest BCUT2D eigenvalue weighted by Crippen LogP contribution is 2.32. The summed E-state index contributed by atoms with van der Waals surface area (Å²) in [6.45, 7) is 0. The third kappa shape index (κ3) is 1.55. The Balaban J connectivity index is 2.33. The topological polar surface area (TPSA) is 52.5 Å². The van der Waals surface area contributed by atoms with Crippen LogP contribution in [0.4, 0.5) is 0 Å². The van der Waals surface area contributed by atoms with Crippen molar-refractivity contribution in [3.8, 4) is 11.5 Å². The van der Waals surface area contributed by atoms with Crippen LogP contribution in [0.2, 0.25) is 0 Å². The summed E-state index contributed by atoms with van der Waals surface area (Å²) in [5, 5.41) is 21.9. The van der Waals surface area contributed by atoms with Crippen LogP contribution in [0.15, 0.2) is 12.1 Å². The average Bonchev–Trinajstić information content (AvgIpc) is 2.19. The van der Waals surface area contributed by atoms with Gasteiger partial charge in [0.15, 0.2) is 11.5 Å². The third-order valence-electron chi connectivity index (χ3n) is 2.93. The summed E-state index contributed by atoms with van der Waals surface area (Å²) in [6.07, 6.45) is 2.99. The lowest BCUT2D eigenvalue weighted by atomic mass is 9.88. The molecule has 0 fully saturated rings. The molecule has 3 N–H and O–H groups in total. The molecular formula is C11H15NO2. The first-order valence-corrected chi connectivity index (χ1v) is 4.91. The molecule has 0 aliphatic heterocycles. The zero-order chi connectivity index (χ0) is 10.1. The summed E-state index contributed by atoms with van der Waals surface area (Å²) in [5.41, 5.74) is 2.30. The highest BCUT2D eigenvalue weighted by Gasteiger charge is 2.18. The molecule has 1 aromatic rings. The first-order valence-electron chi connectivity index (χ1n) is 4.91. The van der Waals surface area contributed by atoms with Gasteiger partial charge in [0.2, 0.25) is 0 Å². The fourth-order valence-electron chi connectivity index (χ4n) is 2.03. The van der Waals surface area contributed by atoms with E-state index >= 15 is 0 Å². The Morgan fingerprint density at radius 2 is 1.86 bits per heavy atom. The smallest absolute Gasteiger partial charge is 0.157 e. The fourth-order valence-corrected chi connectivity index (χ4v) is 2.03. The Morgan fingerprint density at radius 1 is 1.21 bits per heavy atom. The summed E-state index contributed by atoms with van der Waals surface area (Å²) >= 11 is 0. The van der Waals surface area contributed by atoms with E-state index in [-0.39, 0.29) is 11.5 Å². The van der Waals surface area contributed by atoms with Crippen LogP contribution < -0.4 is 5.32 Å². The molecule has 0 saturated carbocycles. The fraction of sp³-hybridized carbons (Fsp3) is 0.455. The monoisotopic (exact) mass is 193 g/mol. The lowest BCUT2D eigenvalue weighted by Crippen LogP contribution is -2.31. The maximum absolute atomic E-state index is 9.36. The van der Waals surface area contributed by atoms with E-state index in [1.807, 2.05) is 7.05 Å². The van der Waals surface area contributed by atoms with Crippen LogP contribution in [-0.4, -0.2) is 23.3 Å². The zero-order valence-corrected chi connectivity index (χ0v) is 8.25. The van der Waals surface area contributed by atoms with Gasteiger partial charge in [-0.15, -0.1) is 0 Å². The molecule has 0 spiro atoms. The summed E-state index contributed by atoms with van der Waals surface area (Å²) in [7, 11) is 1.95. The molecule has 1 aliphatic rings. The van der Waals surface area contributed by atoms with Gasteiger partial charge in [-0.3, -0.25) is 0 Å². The highest BCUT2D eigenvalue weighted by molar-refractivity contribution is 5.46. The molecule has 76 valence electrons. The minimum Gasteiger partial charge on any atom is -0.504 e. The predicted octanol–water partition coefficient (Wildman–Crippen LogP) is 1.17. The number of fused-ring (bicyclic) bond motifs is 1. The molecule has 0 aromatic heterocycles. The van der Waals surface area contributed by atoms with Gasteiger partial charge in [0, 0.05) is 6.04 Å². The van der Waals surface area contributed by atoms with E-state index in [1.165, 1.54) is 0 Å². The molecule has 0 radical (unpaired) electrons. The molecular weight excluding hydrogens is 178 g/mol. The number of rotatable bonds is 1. The van der Waals surface area contributed by atoms with Crippen LogP contribution in [0.25, 0.3) is 0 Å². The molecule has 1 aromatic carbocycles. The lowest BCUT2D eigenvalue weighted by molar-refractivity contribution is 0.399. The van der Waals surface area contributed by atoms with Crippen LogP contribution >= 0.6 is 0 Å². The number of nitrogens with one attached hydrogen (secondary N) is 1. The van der Waals surface area contributed by atoms with Crippen molar-refractivity contribution < 1.29 is 10.2 Å². The molecule has 1 aliphatic carbocycles. The lowest BCUT2D eigenvalue weighted by Gasteiger charge is -2.24. The normalized spacial score (nSPS) is 20.5. The van der Waals surface area contributed by atoms with Crippen LogP contribution in [0.5, 0.6) is 11.5 Å². The van der Waals surface area contributed by atoms with Crippen LogP contribution in [0, 0.1) is 0 Å². The van der Waals surface area contributed by atoms with E-state index in [2.05, 4.69) is 5.32 Å². The van der Waals surface area contributed by atoms with E-state index in [4.69, 9.17) is 0 Å². The van der Waals surface area contributed by atoms with Crippen molar-refractivity contribution in [2.45, 2.75) is 25.3 Å². The minimum atomic E-state index is -0.0134. The van der Waals surface area contributed by atoms with Crippen molar-refractivity contribution in [3.63, 3.8) is 0 Å². The van der Waals surface area contributed by atoms with Gasteiger partial charge >= 0.3 is 0 Å². The molecule has 0 saturated heterocycles. The second-order valence-electron chi connectivity index (χ2n) is 3.84. The number of phenolic OH excluding ortho intramolecular Hbond substituents is 2. The Morgan fingerprint density at radius 3 is 2.50 bits per heavy atom. The van der Waals surface area contributed by atoms with Crippen LogP contribution in [0.3, 0.4) is 0 Å². The van der Waals surface area contributed by atoms with Gasteiger partial charge in [-0.1, -0.05) is 0 Å². The van der Waals surface area contributed by atoms with Crippen molar-refractivity contribution in [2.75, 3.05) is 7.05 Å². The number of hydrogen-bond donors (Lipinski definition) is 3. The van der Waals surface area contributed by atoms with Crippen LogP contribution in [-0.2, 0) is 12.8 Å². The molecule has 3 nitrogen and oxygen atoms in total. The Hall–Kier alpha value is -1.22. The average molecular weight is 193 g/mol. The van der Waals surface area contributed by atoms with Gasteiger partial charge in [0.1, 0.15) is 0 Å². The Kier molecular flexibility index (Phi) is 2.33. The largest absolute Gasteiger partial charge is 0.504 e. The maximum atomic E-state index is 9.36. The van der Waals surface area contributed by atoms with E-state index in [9.17, 15) is 10.2 Å². The van der Waals surface area contributed by atoms with Gasteiger partial charge in [0.25, 0.3) is 0 Å². The SMILES string of the molecule is CNC1CCc2cc(O)c(O)cc2C1. The van der Waals surface area contributed by atoms with Gasteiger partial charge in [0.05, 0.1) is 0 Å². The highest BCUT2D eigenvalue weighted by atomic mass is 16.3. The van der Waals surface area contributed by atoms with Crippen molar-refractivity contribution >= 4 is 0 Å². The quantitative estimate of drug-likeness (QED) is 0.587. The van der Waals surface area contributed by atoms with E-state index in [0.29, 0.717) is 6.04 Å². The van der Waals surface area contributed by atoms with Gasteiger partial charge in [-0.2, -0.15) is 0 Å². The molecule has 14 heavy (non-hydrogen) atoms. The summed E-state index contributed by atoms with van der Waals surface area (Å²) in [5.74, 6) is -0.0211. The molecule has 1 atom stereocenters. The first-order chi connectivity index (χ1) is 6.70. The number of hydrogen-bond acceptors (Lipinski definition) is 3. The number of likely N-dealkylation sites (N-methyl/N-ethyl adjacent to an activating group) is 1. The number of aryl methyl sites for hydroxylation is 1. The van der Waals surface area contributed by atoms with E-state index in [0.717, 1.165) is 30.4 Å². The molecule has 0 heterocycles. The Bertz CT molecular complexity index is 349. The van der Waals surface area contributed by atoms with Gasteiger partial charge < -0.3 is 15.5 Å². The number of aromatic hydroxyl groups is 2. The predicted molar refractivity (Wildman–Crippen MR) is 54.6 cm³/mol. The van der Waals surface area contributed by atoms with Crippen molar-refractivity contribution in [1.29, 1.82) is 0 Å². The summed E-state index contributed by atoms with van der Waals surface area (Å²) in [4.78, 5) is 0. The van der Waals surface area contributed by atoms with E-state index < -0.39 is 0 Å². The van der Waals surface area contributed by atoms with Crippen molar-refractivity contribution in [1.82, 2.24) is 5.32 Å². The van der Waals surface area contributed by atoms with Crippen LogP contribution in [0.1, 0.15) is 17.5 Å². The minimum absolute atomic E-state index is 0.00772. The standard InChI is InChI=1S/C11H15NO2/c1-12-9-3-2-7-5-10(13)11(14)6-8(7)4-9/h5-6,9,12-14H,2-4H2,1H3. The molecule has 0 bridgehead atoms. The van der Waals surface area contributed by atoms with Gasteiger partial charge in [-0.25, -0.2) is 0 Å². The summed E-state index contributed by atoms with van der Waals surface area (Å²) < 4.78 is 0. The summed E-state index contributed by atoms with van der Waals surface area (Å²) in [6, 6.07) is 3.84. The molecule has 2 rings (SSSR count). The second-order valence-corrected chi connectivity index (χ2v) is 3.84. The third-order valence-corrected chi connectivity index (χ3v) is 2.93. The van der Waals surface area contributed by atoms with Crippen molar-refractivity contribution in [3.05, 3.63) is 23.3 Å². The molecule has 3 heteroatoms. The van der Waals surface area contributed by atoms with E-state index in [1.54, 1.807) is 12.1 Å². The first kappa shape index (κ1) is 9.34. The number of phenols is 2. The Labute approximate surface area is 83.4 Å². The zero-order valence-electron chi connectivity index (χ0n) is 8.25.